The number of hydrogen-bond donors (Lipinski definition) is 0. The smallest absolute Gasteiger partial charge is 0.323 e. The average molecular weight is 292 g/mol. The number of ether oxygens (including phenoxy) is 1. The Kier molecular flexibility index (Phi) is 5.27. The summed E-state index contributed by atoms with van der Waals surface area (Å²) in [6.45, 7) is 3.52. The van der Waals surface area contributed by atoms with Crippen LogP contribution in [-0.4, -0.2) is 35.0 Å². The standard InChI is InChI=1S/C15H20N2O4/c1-2-21-15(18)14-8-3-4-9-16(14)11-12-6-5-7-13(10-12)17(19)20/h5-7,10,14H,2-4,8-9,11H2,1H3. The molecule has 0 amide bonds. The number of benzene rings is 1. The van der Waals surface area contributed by atoms with Crippen LogP contribution in [0.25, 0.3) is 0 Å². The first kappa shape index (κ1) is 15.4. The number of nitrogens with zero attached hydrogens (tertiary/aromatic N) is 2. The Morgan fingerprint density at radius 1 is 1.48 bits per heavy atom. The largest absolute Gasteiger partial charge is 0.465 e. The quantitative estimate of drug-likeness (QED) is 0.473. The van der Waals surface area contributed by atoms with E-state index in [0.717, 1.165) is 31.4 Å². The van der Waals surface area contributed by atoms with E-state index >= 15 is 0 Å². The number of carbonyl (C=O) groups is 1. The third-order valence-electron chi connectivity index (χ3n) is 3.68. The van der Waals surface area contributed by atoms with Crippen molar-refractivity contribution in [1.82, 2.24) is 4.90 Å². The van der Waals surface area contributed by atoms with Gasteiger partial charge in [0.15, 0.2) is 0 Å². The molecule has 1 unspecified atom stereocenters. The van der Waals surface area contributed by atoms with E-state index in [9.17, 15) is 14.9 Å². The highest BCUT2D eigenvalue weighted by molar-refractivity contribution is 5.75. The predicted octanol–water partition coefficient (Wildman–Crippen LogP) is 2.51. The summed E-state index contributed by atoms with van der Waals surface area (Å²) in [6.07, 6.45) is 2.83. The van der Waals surface area contributed by atoms with Crippen molar-refractivity contribution in [3.63, 3.8) is 0 Å². The van der Waals surface area contributed by atoms with Gasteiger partial charge in [0.25, 0.3) is 5.69 Å². The van der Waals surface area contributed by atoms with Crippen LogP contribution in [0.4, 0.5) is 5.69 Å². The Bertz CT molecular complexity index is 518. The zero-order chi connectivity index (χ0) is 15.2. The summed E-state index contributed by atoms with van der Waals surface area (Å²) in [6, 6.07) is 6.33. The van der Waals surface area contributed by atoms with Gasteiger partial charge in [-0.1, -0.05) is 18.6 Å². The van der Waals surface area contributed by atoms with E-state index in [0.29, 0.717) is 13.2 Å². The maximum atomic E-state index is 12.0. The minimum Gasteiger partial charge on any atom is -0.465 e. The zero-order valence-electron chi connectivity index (χ0n) is 12.2. The van der Waals surface area contributed by atoms with Crippen LogP contribution < -0.4 is 0 Å². The Morgan fingerprint density at radius 2 is 2.29 bits per heavy atom. The van der Waals surface area contributed by atoms with E-state index in [1.54, 1.807) is 19.1 Å². The van der Waals surface area contributed by atoms with Crippen molar-refractivity contribution in [2.45, 2.75) is 38.8 Å². The minimum absolute atomic E-state index is 0.0807. The maximum Gasteiger partial charge on any atom is 0.323 e. The average Bonchev–Trinajstić information content (AvgIpc) is 2.48. The maximum absolute atomic E-state index is 12.0. The normalized spacial score (nSPS) is 19.2. The topological polar surface area (TPSA) is 72.7 Å². The Hall–Kier alpha value is -1.95. The van der Waals surface area contributed by atoms with Gasteiger partial charge in [-0.3, -0.25) is 19.8 Å². The Balaban J connectivity index is 2.10. The van der Waals surface area contributed by atoms with Crippen LogP contribution in [0, 0.1) is 10.1 Å². The second-order valence-corrected chi connectivity index (χ2v) is 5.16. The van der Waals surface area contributed by atoms with Crippen molar-refractivity contribution in [3.05, 3.63) is 39.9 Å². The molecule has 0 N–H and O–H groups in total. The minimum atomic E-state index is -0.400. The Labute approximate surface area is 123 Å². The number of hydrogen-bond acceptors (Lipinski definition) is 5. The molecule has 114 valence electrons. The van der Waals surface area contributed by atoms with Crippen LogP contribution >= 0.6 is 0 Å². The lowest BCUT2D eigenvalue weighted by atomic mass is 10.0. The summed E-state index contributed by atoms with van der Waals surface area (Å²) in [4.78, 5) is 24.5. The molecular weight excluding hydrogens is 272 g/mol. The molecule has 0 spiro atoms. The predicted molar refractivity (Wildman–Crippen MR) is 77.8 cm³/mol. The molecule has 6 heteroatoms. The van der Waals surface area contributed by atoms with Gasteiger partial charge in [0.1, 0.15) is 6.04 Å². The van der Waals surface area contributed by atoms with E-state index in [2.05, 4.69) is 4.90 Å². The molecule has 1 aliphatic rings. The highest BCUT2D eigenvalue weighted by Crippen LogP contribution is 2.22. The van der Waals surface area contributed by atoms with Crippen molar-refractivity contribution < 1.29 is 14.5 Å². The fourth-order valence-corrected chi connectivity index (χ4v) is 2.69. The molecular formula is C15H20N2O4. The molecule has 1 saturated heterocycles. The Morgan fingerprint density at radius 3 is 3.00 bits per heavy atom. The molecule has 6 nitrogen and oxygen atoms in total. The highest BCUT2D eigenvalue weighted by Gasteiger charge is 2.29. The van der Waals surface area contributed by atoms with Gasteiger partial charge in [-0.25, -0.2) is 0 Å². The lowest BCUT2D eigenvalue weighted by Crippen LogP contribution is -2.44. The van der Waals surface area contributed by atoms with Crippen molar-refractivity contribution in [2.24, 2.45) is 0 Å². The molecule has 0 aliphatic carbocycles. The molecule has 0 bridgehead atoms. The fourth-order valence-electron chi connectivity index (χ4n) is 2.69. The lowest BCUT2D eigenvalue weighted by molar-refractivity contribution is -0.384. The highest BCUT2D eigenvalue weighted by atomic mass is 16.6. The molecule has 1 aromatic carbocycles. The van der Waals surface area contributed by atoms with Gasteiger partial charge in [-0.2, -0.15) is 0 Å². The number of rotatable bonds is 5. The summed E-state index contributed by atoms with van der Waals surface area (Å²) >= 11 is 0. The first-order chi connectivity index (χ1) is 10.1. The van der Waals surface area contributed by atoms with Gasteiger partial charge in [-0.05, 0) is 31.9 Å². The van der Waals surface area contributed by atoms with E-state index in [1.807, 2.05) is 6.07 Å². The van der Waals surface area contributed by atoms with E-state index in [1.165, 1.54) is 6.07 Å². The van der Waals surface area contributed by atoms with Gasteiger partial charge in [0.2, 0.25) is 0 Å². The van der Waals surface area contributed by atoms with Gasteiger partial charge in [-0.15, -0.1) is 0 Å². The summed E-state index contributed by atoms with van der Waals surface area (Å²) in [7, 11) is 0. The monoisotopic (exact) mass is 292 g/mol. The number of nitro benzene ring substituents is 1. The van der Waals surface area contributed by atoms with Gasteiger partial charge in [0.05, 0.1) is 11.5 Å². The first-order valence-corrected chi connectivity index (χ1v) is 7.26. The molecule has 0 aromatic heterocycles. The zero-order valence-corrected chi connectivity index (χ0v) is 12.2. The number of nitro groups is 1. The van der Waals surface area contributed by atoms with E-state index in [4.69, 9.17) is 4.74 Å². The molecule has 2 rings (SSSR count). The van der Waals surface area contributed by atoms with Crippen LogP contribution in [0.5, 0.6) is 0 Å². The summed E-state index contributed by atoms with van der Waals surface area (Å²) in [5, 5.41) is 10.8. The van der Waals surface area contributed by atoms with Crippen LogP contribution in [0.2, 0.25) is 0 Å². The van der Waals surface area contributed by atoms with Crippen molar-refractivity contribution in [1.29, 1.82) is 0 Å². The summed E-state index contributed by atoms with van der Waals surface area (Å²) in [5.41, 5.74) is 0.928. The van der Waals surface area contributed by atoms with Crippen LogP contribution in [0.1, 0.15) is 31.7 Å². The molecule has 1 heterocycles. The third kappa shape index (κ3) is 4.01. The molecule has 21 heavy (non-hydrogen) atoms. The fraction of sp³-hybridized carbons (Fsp3) is 0.533. The molecule has 1 aromatic rings. The van der Waals surface area contributed by atoms with Crippen LogP contribution in [0.15, 0.2) is 24.3 Å². The molecule has 1 atom stereocenters. The number of likely N-dealkylation sites (tertiary alicyclic amines) is 1. The van der Waals surface area contributed by atoms with Gasteiger partial charge in [0, 0.05) is 18.7 Å². The number of piperidine rings is 1. The second kappa shape index (κ2) is 7.17. The van der Waals surface area contributed by atoms with E-state index in [-0.39, 0.29) is 17.7 Å². The number of non-ortho nitro benzene ring substituents is 1. The lowest BCUT2D eigenvalue weighted by Gasteiger charge is -2.33. The third-order valence-corrected chi connectivity index (χ3v) is 3.68. The van der Waals surface area contributed by atoms with Gasteiger partial charge < -0.3 is 4.74 Å². The molecule has 1 fully saturated rings. The number of esters is 1. The van der Waals surface area contributed by atoms with Crippen LogP contribution in [-0.2, 0) is 16.1 Å². The summed E-state index contributed by atoms with van der Waals surface area (Å²) < 4.78 is 5.12. The molecule has 0 saturated carbocycles. The van der Waals surface area contributed by atoms with E-state index < -0.39 is 4.92 Å². The van der Waals surface area contributed by atoms with Crippen molar-refractivity contribution >= 4 is 11.7 Å². The molecule has 1 aliphatic heterocycles. The van der Waals surface area contributed by atoms with Crippen molar-refractivity contribution in [2.75, 3.05) is 13.2 Å². The second-order valence-electron chi connectivity index (χ2n) is 5.16. The van der Waals surface area contributed by atoms with Gasteiger partial charge >= 0.3 is 5.97 Å². The first-order valence-electron chi connectivity index (χ1n) is 7.26. The molecule has 0 radical (unpaired) electrons. The SMILES string of the molecule is CCOC(=O)C1CCCCN1Cc1cccc([N+](=O)[O-])c1. The number of carbonyl (C=O) groups excluding carboxylic acids is 1. The summed E-state index contributed by atoms with van der Waals surface area (Å²) in [5.74, 6) is -0.192. The van der Waals surface area contributed by atoms with Crippen LogP contribution in [0.3, 0.4) is 0 Å². The van der Waals surface area contributed by atoms with Crippen molar-refractivity contribution in [3.8, 4) is 0 Å².